The van der Waals surface area contributed by atoms with E-state index in [9.17, 15) is 4.79 Å². The van der Waals surface area contributed by atoms with Crippen molar-refractivity contribution in [2.24, 2.45) is 0 Å². The molecule has 0 spiro atoms. The highest BCUT2D eigenvalue weighted by molar-refractivity contribution is 7.99. The van der Waals surface area contributed by atoms with Crippen LogP contribution in [0, 0.1) is 0 Å². The molecule has 1 aliphatic carbocycles. The van der Waals surface area contributed by atoms with Crippen molar-refractivity contribution in [3.63, 3.8) is 0 Å². The van der Waals surface area contributed by atoms with Crippen molar-refractivity contribution in [1.82, 2.24) is 14.8 Å². The van der Waals surface area contributed by atoms with Crippen LogP contribution < -0.4 is 0 Å². The Bertz CT molecular complexity index is 425. The maximum absolute atomic E-state index is 10.7. The molecule has 0 saturated heterocycles. The zero-order chi connectivity index (χ0) is 13.1. The highest BCUT2D eigenvalue weighted by atomic mass is 32.2. The molecule has 1 N–H and O–H groups in total. The summed E-state index contributed by atoms with van der Waals surface area (Å²) in [7, 11) is 0. The molecule has 1 aromatic heterocycles. The predicted octanol–water partition coefficient (Wildman–Crippen LogP) is 2.69. The number of carboxylic acids is 1. The van der Waals surface area contributed by atoms with Crippen LogP contribution in [-0.2, 0) is 4.79 Å². The van der Waals surface area contributed by atoms with Gasteiger partial charge >= 0.3 is 5.97 Å². The molecule has 1 heterocycles. The molecule has 1 aliphatic rings. The van der Waals surface area contributed by atoms with Gasteiger partial charge in [0.1, 0.15) is 5.82 Å². The van der Waals surface area contributed by atoms with Crippen LogP contribution in [0.1, 0.15) is 57.3 Å². The maximum Gasteiger partial charge on any atom is 0.313 e. The fraction of sp³-hybridized carbons (Fsp3) is 0.750. The average molecular weight is 269 g/mol. The average Bonchev–Trinajstić information content (AvgIpc) is 2.94. The van der Waals surface area contributed by atoms with Crippen LogP contribution in [0.5, 0.6) is 0 Å². The molecule has 1 fully saturated rings. The SMILES string of the molecule is CC(C)c1nnc(SCC(=O)O)n1C1CCCC1. The summed E-state index contributed by atoms with van der Waals surface area (Å²) in [6.07, 6.45) is 4.78. The molecular formula is C12H19N3O2S. The largest absolute Gasteiger partial charge is 0.481 e. The van der Waals surface area contributed by atoms with Crippen LogP contribution in [0.2, 0.25) is 0 Å². The van der Waals surface area contributed by atoms with E-state index < -0.39 is 5.97 Å². The molecule has 1 aromatic rings. The Kier molecular flexibility index (Phi) is 4.27. The van der Waals surface area contributed by atoms with Gasteiger partial charge in [-0.1, -0.05) is 38.5 Å². The second-order valence-corrected chi connectivity index (χ2v) is 5.93. The van der Waals surface area contributed by atoms with Crippen LogP contribution >= 0.6 is 11.8 Å². The Morgan fingerprint density at radius 2 is 2.11 bits per heavy atom. The van der Waals surface area contributed by atoms with Crippen molar-refractivity contribution in [1.29, 1.82) is 0 Å². The second-order valence-electron chi connectivity index (χ2n) is 4.99. The fourth-order valence-electron chi connectivity index (χ4n) is 2.41. The van der Waals surface area contributed by atoms with Crippen LogP contribution in [0.25, 0.3) is 0 Å². The van der Waals surface area contributed by atoms with Crippen molar-refractivity contribution < 1.29 is 9.90 Å². The lowest BCUT2D eigenvalue weighted by molar-refractivity contribution is -0.133. The highest BCUT2D eigenvalue weighted by Gasteiger charge is 2.25. The zero-order valence-corrected chi connectivity index (χ0v) is 11.6. The van der Waals surface area contributed by atoms with Crippen LogP contribution in [0.4, 0.5) is 0 Å². The molecule has 0 aromatic carbocycles. The van der Waals surface area contributed by atoms with Gasteiger partial charge in [-0.15, -0.1) is 10.2 Å². The maximum atomic E-state index is 10.7. The van der Waals surface area contributed by atoms with E-state index in [2.05, 4.69) is 28.6 Å². The summed E-state index contributed by atoms with van der Waals surface area (Å²) >= 11 is 1.27. The number of rotatable bonds is 5. The number of nitrogens with zero attached hydrogens (tertiary/aromatic N) is 3. The summed E-state index contributed by atoms with van der Waals surface area (Å²) < 4.78 is 2.17. The van der Waals surface area contributed by atoms with E-state index in [1.54, 1.807) is 0 Å². The summed E-state index contributed by atoms with van der Waals surface area (Å²) in [6.45, 7) is 4.20. The number of hydrogen-bond donors (Lipinski definition) is 1. The van der Waals surface area contributed by atoms with Crippen LogP contribution in [0.3, 0.4) is 0 Å². The van der Waals surface area contributed by atoms with Crippen LogP contribution in [-0.4, -0.2) is 31.6 Å². The number of carboxylic acid groups (broad SMARTS) is 1. The van der Waals surface area contributed by atoms with Gasteiger partial charge in [0.2, 0.25) is 0 Å². The van der Waals surface area contributed by atoms with Gasteiger partial charge < -0.3 is 9.67 Å². The number of hydrogen-bond acceptors (Lipinski definition) is 4. The van der Waals surface area contributed by atoms with Gasteiger partial charge in [-0.05, 0) is 12.8 Å². The first kappa shape index (κ1) is 13.4. The van der Waals surface area contributed by atoms with E-state index in [-0.39, 0.29) is 5.75 Å². The van der Waals surface area contributed by atoms with Gasteiger partial charge in [0, 0.05) is 12.0 Å². The van der Waals surface area contributed by atoms with Crippen LogP contribution in [0.15, 0.2) is 5.16 Å². The molecule has 0 radical (unpaired) electrons. The molecule has 5 nitrogen and oxygen atoms in total. The molecule has 0 amide bonds. The van der Waals surface area contributed by atoms with E-state index in [0.29, 0.717) is 12.0 Å². The number of carbonyl (C=O) groups is 1. The lowest BCUT2D eigenvalue weighted by atomic mass is 10.2. The van der Waals surface area contributed by atoms with Crippen molar-refractivity contribution in [2.45, 2.75) is 56.6 Å². The Morgan fingerprint density at radius 1 is 1.44 bits per heavy atom. The van der Waals surface area contributed by atoms with Crippen molar-refractivity contribution in [3.05, 3.63) is 5.82 Å². The Morgan fingerprint density at radius 3 is 2.67 bits per heavy atom. The Labute approximate surface area is 111 Å². The molecule has 2 rings (SSSR count). The fourth-order valence-corrected chi connectivity index (χ4v) is 3.15. The third-order valence-electron chi connectivity index (χ3n) is 3.22. The molecule has 100 valence electrons. The third-order valence-corrected chi connectivity index (χ3v) is 4.15. The first-order valence-corrected chi connectivity index (χ1v) is 7.37. The monoisotopic (exact) mass is 269 g/mol. The molecule has 0 aliphatic heterocycles. The number of aliphatic carboxylic acids is 1. The first-order chi connectivity index (χ1) is 8.59. The minimum Gasteiger partial charge on any atom is -0.481 e. The van der Waals surface area contributed by atoms with E-state index in [0.717, 1.165) is 23.8 Å². The Balaban J connectivity index is 2.25. The summed E-state index contributed by atoms with van der Waals surface area (Å²) in [4.78, 5) is 10.7. The Hall–Kier alpha value is -1.04. The summed E-state index contributed by atoms with van der Waals surface area (Å²) in [5.41, 5.74) is 0. The smallest absolute Gasteiger partial charge is 0.313 e. The third kappa shape index (κ3) is 2.85. The van der Waals surface area contributed by atoms with Crippen molar-refractivity contribution in [2.75, 3.05) is 5.75 Å². The van der Waals surface area contributed by atoms with Crippen molar-refractivity contribution in [3.8, 4) is 0 Å². The molecule has 18 heavy (non-hydrogen) atoms. The second kappa shape index (κ2) is 5.73. The van der Waals surface area contributed by atoms with Gasteiger partial charge in [-0.25, -0.2) is 0 Å². The predicted molar refractivity (Wildman–Crippen MR) is 70.0 cm³/mol. The molecule has 0 bridgehead atoms. The quantitative estimate of drug-likeness (QED) is 0.832. The summed E-state index contributed by atoms with van der Waals surface area (Å²) in [6, 6.07) is 0.452. The lowest BCUT2D eigenvalue weighted by Gasteiger charge is -2.17. The van der Waals surface area contributed by atoms with E-state index in [1.807, 2.05) is 0 Å². The topological polar surface area (TPSA) is 68.0 Å². The minimum absolute atomic E-state index is 0.0446. The standard InChI is InChI=1S/C12H19N3O2S/c1-8(2)11-13-14-12(18-7-10(16)17)15(11)9-5-3-4-6-9/h8-9H,3-7H2,1-2H3,(H,16,17). The van der Waals surface area contributed by atoms with Gasteiger partial charge in [0.25, 0.3) is 0 Å². The molecule has 0 unspecified atom stereocenters. The van der Waals surface area contributed by atoms with E-state index in [4.69, 9.17) is 5.11 Å². The van der Waals surface area contributed by atoms with Gasteiger partial charge in [-0.2, -0.15) is 0 Å². The summed E-state index contributed by atoms with van der Waals surface area (Å²) in [5.74, 6) is 0.530. The normalized spacial score (nSPS) is 16.6. The van der Waals surface area contributed by atoms with Gasteiger partial charge in [0.05, 0.1) is 5.75 Å². The highest BCUT2D eigenvalue weighted by Crippen LogP contribution is 2.35. The summed E-state index contributed by atoms with van der Waals surface area (Å²) in [5, 5.41) is 17.9. The van der Waals surface area contributed by atoms with Gasteiger partial charge in [0.15, 0.2) is 5.16 Å². The van der Waals surface area contributed by atoms with Gasteiger partial charge in [-0.3, -0.25) is 4.79 Å². The molecule has 1 saturated carbocycles. The van der Waals surface area contributed by atoms with E-state index >= 15 is 0 Å². The first-order valence-electron chi connectivity index (χ1n) is 6.39. The minimum atomic E-state index is -0.813. The molecular weight excluding hydrogens is 250 g/mol. The molecule has 6 heteroatoms. The zero-order valence-electron chi connectivity index (χ0n) is 10.8. The number of aromatic nitrogens is 3. The van der Waals surface area contributed by atoms with Crippen molar-refractivity contribution >= 4 is 17.7 Å². The van der Waals surface area contributed by atoms with E-state index in [1.165, 1.54) is 24.6 Å². The molecule has 0 atom stereocenters. The lowest BCUT2D eigenvalue weighted by Crippen LogP contribution is -2.12. The number of thioether (sulfide) groups is 1.